The number of methoxy groups -OCH3 is 1. The number of ether oxygens (including phenoxy) is 2. The maximum atomic E-state index is 11.5. The highest BCUT2D eigenvalue weighted by Crippen LogP contribution is 2.16. The molecule has 0 heterocycles. The summed E-state index contributed by atoms with van der Waals surface area (Å²) in [5.74, 6) is 1.19. The Hall–Kier alpha value is -1.75. The van der Waals surface area contributed by atoms with Crippen LogP contribution in [0.1, 0.15) is 13.8 Å². The number of hydrogen-bond donors (Lipinski definition) is 2. The molecule has 0 bridgehead atoms. The maximum absolute atomic E-state index is 11.5. The predicted octanol–water partition coefficient (Wildman–Crippen LogP) is 1.21. The minimum absolute atomic E-state index is 0.0723. The summed E-state index contributed by atoms with van der Waals surface area (Å²) in [5, 5.41) is 12.2. The number of aliphatic hydroxyl groups is 1. The molecule has 0 aromatic heterocycles. The molecule has 1 unspecified atom stereocenters. The van der Waals surface area contributed by atoms with Crippen molar-refractivity contribution in [1.29, 1.82) is 0 Å². The van der Waals surface area contributed by atoms with Crippen molar-refractivity contribution in [3.05, 3.63) is 24.3 Å². The van der Waals surface area contributed by atoms with Crippen molar-refractivity contribution in [2.45, 2.75) is 20.0 Å². The molecule has 0 fully saturated rings. The molecule has 0 aliphatic carbocycles. The van der Waals surface area contributed by atoms with E-state index in [0.717, 1.165) is 5.75 Å². The Labute approximate surface area is 113 Å². The summed E-state index contributed by atoms with van der Waals surface area (Å²) >= 11 is 0. The number of hydrogen-bond acceptors (Lipinski definition) is 4. The molecule has 0 spiro atoms. The van der Waals surface area contributed by atoms with Crippen molar-refractivity contribution >= 4 is 5.91 Å². The van der Waals surface area contributed by atoms with Crippen molar-refractivity contribution in [2.24, 2.45) is 5.92 Å². The lowest BCUT2D eigenvalue weighted by Gasteiger charge is -2.15. The van der Waals surface area contributed by atoms with Crippen molar-refractivity contribution in [3.8, 4) is 11.5 Å². The number of amides is 1. The van der Waals surface area contributed by atoms with Gasteiger partial charge in [-0.25, -0.2) is 0 Å². The summed E-state index contributed by atoms with van der Waals surface area (Å²) in [4.78, 5) is 11.5. The van der Waals surface area contributed by atoms with Gasteiger partial charge >= 0.3 is 0 Å². The molecule has 1 amide bonds. The van der Waals surface area contributed by atoms with E-state index in [1.54, 1.807) is 31.4 Å². The summed E-state index contributed by atoms with van der Waals surface area (Å²) in [6.07, 6.45) is -0.537. The van der Waals surface area contributed by atoms with Crippen molar-refractivity contribution < 1.29 is 19.4 Å². The van der Waals surface area contributed by atoms with E-state index >= 15 is 0 Å². The fourth-order valence-corrected chi connectivity index (χ4v) is 1.33. The van der Waals surface area contributed by atoms with Gasteiger partial charge in [0.15, 0.2) is 6.61 Å². The quantitative estimate of drug-likeness (QED) is 0.779. The Kier molecular flexibility index (Phi) is 6.15. The zero-order valence-electron chi connectivity index (χ0n) is 11.6. The van der Waals surface area contributed by atoms with Gasteiger partial charge < -0.3 is 19.9 Å². The molecular formula is C14H21NO4. The first kappa shape index (κ1) is 15.3. The number of carbonyl (C=O) groups is 1. The normalized spacial score (nSPS) is 12.1. The Morgan fingerprint density at radius 3 is 2.37 bits per heavy atom. The number of nitrogens with one attached hydrogen (secondary N) is 1. The van der Waals surface area contributed by atoms with Gasteiger partial charge in [-0.15, -0.1) is 0 Å². The van der Waals surface area contributed by atoms with Gasteiger partial charge in [-0.3, -0.25) is 4.79 Å². The number of rotatable bonds is 7. The highest BCUT2D eigenvalue weighted by molar-refractivity contribution is 5.77. The zero-order valence-corrected chi connectivity index (χ0v) is 11.6. The molecular weight excluding hydrogens is 246 g/mol. The molecule has 0 radical (unpaired) electrons. The molecule has 1 rings (SSSR count). The molecule has 0 aliphatic rings. The van der Waals surface area contributed by atoms with Crippen LogP contribution in [0.15, 0.2) is 24.3 Å². The van der Waals surface area contributed by atoms with Crippen LogP contribution in [0.2, 0.25) is 0 Å². The van der Waals surface area contributed by atoms with E-state index in [9.17, 15) is 9.90 Å². The van der Waals surface area contributed by atoms with Crippen LogP contribution in [0.4, 0.5) is 0 Å². The molecule has 0 saturated carbocycles. The molecule has 1 atom stereocenters. The molecule has 1 aromatic carbocycles. The number of benzene rings is 1. The van der Waals surface area contributed by atoms with E-state index in [4.69, 9.17) is 9.47 Å². The van der Waals surface area contributed by atoms with E-state index in [-0.39, 0.29) is 25.0 Å². The Balaban J connectivity index is 2.29. The highest BCUT2D eigenvalue weighted by Gasteiger charge is 2.10. The van der Waals surface area contributed by atoms with Gasteiger partial charge in [-0.05, 0) is 30.2 Å². The third-order valence-electron chi connectivity index (χ3n) is 2.71. The Morgan fingerprint density at radius 1 is 1.26 bits per heavy atom. The molecule has 2 N–H and O–H groups in total. The topological polar surface area (TPSA) is 67.8 Å². The molecule has 106 valence electrons. The minimum atomic E-state index is -0.537. The fourth-order valence-electron chi connectivity index (χ4n) is 1.33. The Morgan fingerprint density at radius 2 is 1.84 bits per heavy atom. The molecule has 0 aliphatic heterocycles. The van der Waals surface area contributed by atoms with E-state index in [2.05, 4.69) is 5.32 Å². The fraction of sp³-hybridized carbons (Fsp3) is 0.500. The van der Waals surface area contributed by atoms with Crippen LogP contribution in [-0.2, 0) is 4.79 Å². The second kappa shape index (κ2) is 7.63. The van der Waals surface area contributed by atoms with Crippen LogP contribution < -0.4 is 14.8 Å². The van der Waals surface area contributed by atoms with Gasteiger partial charge in [-0.1, -0.05) is 13.8 Å². The van der Waals surface area contributed by atoms with E-state index in [1.807, 2.05) is 13.8 Å². The van der Waals surface area contributed by atoms with Crippen LogP contribution in [0.5, 0.6) is 11.5 Å². The first-order chi connectivity index (χ1) is 9.02. The second-order valence-electron chi connectivity index (χ2n) is 4.58. The summed E-state index contributed by atoms with van der Waals surface area (Å²) in [6, 6.07) is 6.98. The van der Waals surface area contributed by atoms with Crippen LogP contribution in [0.3, 0.4) is 0 Å². The van der Waals surface area contributed by atoms with E-state index in [0.29, 0.717) is 5.75 Å². The number of aliphatic hydroxyl groups excluding tert-OH is 1. The van der Waals surface area contributed by atoms with Crippen LogP contribution in [0.25, 0.3) is 0 Å². The van der Waals surface area contributed by atoms with Gasteiger partial charge in [0.05, 0.1) is 13.2 Å². The van der Waals surface area contributed by atoms with Crippen LogP contribution >= 0.6 is 0 Å². The van der Waals surface area contributed by atoms with Gasteiger partial charge in [0.2, 0.25) is 0 Å². The lowest BCUT2D eigenvalue weighted by molar-refractivity contribution is -0.123. The van der Waals surface area contributed by atoms with Crippen molar-refractivity contribution in [1.82, 2.24) is 5.32 Å². The molecule has 5 nitrogen and oxygen atoms in total. The summed E-state index contributed by atoms with van der Waals surface area (Å²) in [7, 11) is 1.59. The summed E-state index contributed by atoms with van der Waals surface area (Å²) < 4.78 is 10.3. The molecule has 1 aromatic rings. The standard InChI is InChI=1S/C14H21NO4/c1-10(2)13(16)8-15-14(17)9-19-12-6-4-11(18-3)5-7-12/h4-7,10,13,16H,8-9H2,1-3H3,(H,15,17). The van der Waals surface area contributed by atoms with Crippen LogP contribution in [-0.4, -0.2) is 37.4 Å². The number of carbonyl (C=O) groups excluding carboxylic acids is 1. The average molecular weight is 267 g/mol. The SMILES string of the molecule is COc1ccc(OCC(=O)NCC(O)C(C)C)cc1. The first-order valence-corrected chi connectivity index (χ1v) is 6.24. The largest absolute Gasteiger partial charge is 0.497 e. The maximum Gasteiger partial charge on any atom is 0.258 e. The summed E-state index contributed by atoms with van der Waals surface area (Å²) in [6.45, 7) is 3.95. The Bertz CT molecular complexity index is 389. The third-order valence-corrected chi connectivity index (χ3v) is 2.71. The van der Waals surface area contributed by atoms with Crippen LogP contribution in [0, 0.1) is 5.92 Å². The molecule has 19 heavy (non-hydrogen) atoms. The predicted molar refractivity (Wildman–Crippen MR) is 72.3 cm³/mol. The lowest BCUT2D eigenvalue weighted by Crippen LogP contribution is -2.37. The van der Waals surface area contributed by atoms with Gasteiger partial charge in [-0.2, -0.15) is 0 Å². The van der Waals surface area contributed by atoms with E-state index in [1.165, 1.54) is 0 Å². The monoisotopic (exact) mass is 267 g/mol. The molecule has 5 heteroatoms. The average Bonchev–Trinajstić information content (AvgIpc) is 2.42. The highest BCUT2D eigenvalue weighted by atomic mass is 16.5. The third kappa shape index (κ3) is 5.61. The summed E-state index contributed by atoms with van der Waals surface area (Å²) in [5.41, 5.74) is 0. The lowest BCUT2D eigenvalue weighted by atomic mass is 10.1. The van der Waals surface area contributed by atoms with Gasteiger partial charge in [0.1, 0.15) is 11.5 Å². The van der Waals surface area contributed by atoms with Gasteiger partial charge in [0, 0.05) is 6.54 Å². The van der Waals surface area contributed by atoms with E-state index < -0.39 is 6.10 Å². The zero-order chi connectivity index (χ0) is 14.3. The first-order valence-electron chi connectivity index (χ1n) is 6.24. The van der Waals surface area contributed by atoms with Gasteiger partial charge in [0.25, 0.3) is 5.91 Å². The van der Waals surface area contributed by atoms with Crippen molar-refractivity contribution in [3.63, 3.8) is 0 Å². The second-order valence-corrected chi connectivity index (χ2v) is 4.58. The smallest absolute Gasteiger partial charge is 0.258 e. The minimum Gasteiger partial charge on any atom is -0.497 e. The molecule has 0 saturated heterocycles. The van der Waals surface area contributed by atoms with Crippen molar-refractivity contribution in [2.75, 3.05) is 20.3 Å².